The van der Waals surface area contributed by atoms with E-state index in [-0.39, 0.29) is 29.2 Å². The molecule has 0 bridgehead atoms. The zero-order valence-corrected chi connectivity index (χ0v) is 20.6. The summed E-state index contributed by atoms with van der Waals surface area (Å²) in [7, 11) is 0. The third-order valence-corrected chi connectivity index (χ3v) is 6.60. The number of aromatic nitrogens is 1. The molecule has 186 valence electrons. The number of hydrogen-bond donors (Lipinski definition) is 3. The summed E-state index contributed by atoms with van der Waals surface area (Å²) in [5.41, 5.74) is 3.88. The summed E-state index contributed by atoms with van der Waals surface area (Å²) >= 11 is 0. The van der Waals surface area contributed by atoms with Crippen LogP contribution in [0.3, 0.4) is 0 Å². The molecule has 1 aliphatic carbocycles. The minimum atomic E-state index is -1.09. The van der Waals surface area contributed by atoms with Gasteiger partial charge in [0.05, 0.1) is 16.8 Å². The van der Waals surface area contributed by atoms with Crippen LogP contribution in [0.2, 0.25) is 0 Å². The summed E-state index contributed by atoms with van der Waals surface area (Å²) in [6, 6.07) is 18.5. The van der Waals surface area contributed by atoms with Gasteiger partial charge < -0.3 is 20.3 Å². The minimum Gasteiger partial charge on any atom is -0.489 e. The minimum absolute atomic E-state index is 0.00983. The van der Waals surface area contributed by atoms with Crippen molar-refractivity contribution in [2.75, 3.05) is 13.2 Å². The highest BCUT2D eigenvalue weighted by Crippen LogP contribution is 2.32. The summed E-state index contributed by atoms with van der Waals surface area (Å²) in [6.45, 7) is 4.63. The average Bonchev–Trinajstić information content (AvgIpc) is 3.27. The van der Waals surface area contributed by atoms with Crippen molar-refractivity contribution in [2.24, 2.45) is 5.92 Å². The van der Waals surface area contributed by atoms with Gasteiger partial charge in [0.1, 0.15) is 24.5 Å². The van der Waals surface area contributed by atoms with Crippen molar-refractivity contribution >= 4 is 5.97 Å². The lowest BCUT2D eigenvalue weighted by molar-refractivity contribution is 0.0697. The van der Waals surface area contributed by atoms with Crippen molar-refractivity contribution in [1.82, 2.24) is 10.3 Å². The van der Waals surface area contributed by atoms with E-state index in [2.05, 4.69) is 54.5 Å². The van der Waals surface area contributed by atoms with E-state index in [0.29, 0.717) is 23.6 Å². The SMILES string of the molecule is CC(C)(CC1Cc2ccccc2C1)NC[C@@H](O)COc1cc(-c2ncccc2C(=O)O)ccc1C#N. The fraction of sp³-hybridized carbons (Fsp3) is 0.345. The van der Waals surface area contributed by atoms with E-state index in [4.69, 9.17) is 4.74 Å². The Balaban J connectivity index is 1.34. The molecule has 7 heteroatoms. The number of aromatic carboxylic acids is 1. The van der Waals surface area contributed by atoms with Crippen LogP contribution >= 0.6 is 0 Å². The highest BCUT2D eigenvalue weighted by molar-refractivity contribution is 5.94. The third-order valence-electron chi connectivity index (χ3n) is 6.60. The summed E-state index contributed by atoms with van der Waals surface area (Å²) < 4.78 is 5.81. The number of rotatable bonds is 10. The number of carbonyl (C=O) groups is 1. The Kier molecular flexibility index (Phi) is 7.68. The first-order chi connectivity index (χ1) is 17.3. The Morgan fingerprint density at radius 3 is 2.58 bits per heavy atom. The second-order valence-corrected chi connectivity index (χ2v) is 10.0. The molecule has 7 nitrogen and oxygen atoms in total. The molecule has 36 heavy (non-hydrogen) atoms. The Bertz CT molecular complexity index is 1260. The van der Waals surface area contributed by atoms with Crippen molar-refractivity contribution in [1.29, 1.82) is 5.26 Å². The molecule has 3 aromatic rings. The van der Waals surface area contributed by atoms with Crippen molar-refractivity contribution in [2.45, 2.75) is 44.8 Å². The number of nitriles is 1. The van der Waals surface area contributed by atoms with Gasteiger partial charge in [0.25, 0.3) is 0 Å². The maximum Gasteiger partial charge on any atom is 0.337 e. The zero-order valence-electron chi connectivity index (χ0n) is 20.6. The second kappa shape index (κ2) is 10.9. The van der Waals surface area contributed by atoms with Gasteiger partial charge in [-0.15, -0.1) is 0 Å². The predicted octanol–water partition coefficient (Wildman–Crippen LogP) is 4.23. The largest absolute Gasteiger partial charge is 0.489 e. The number of carboxylic acid groups (broad SMARTS) is 1. The van der Waals surface area contributed by atoms with Gasteiger partial charge in [-0.3, -0.25) is 4.98 Å². The number of hydrogen-bond acceptors (Lipinski definition) is 6. The normalized spacial score (nSPS) is 14.2. The molecule has 1 aromatic heterocycles. The van der Waals surface area contributed by atoms with Crippen LogP contribution in [-0.2, 0) is 12.8 Å². The lowest BCUT2D eigenvalue weighted by Gasteiger charge is -2.30. The summed E-state index contributed by atoms with van der Waals surface area (Å²) in [5.74, 6) is -0.240. The molecule has 1 aliphatic rings. The van der Waals surface area contributed by atoms with Gasteiger partial charge in [-0.1, -0.05) is 30.3 Å². The maximum absolute atomic E-state index is 11.6. The maximum atomic E-state index is 11.6. The van der Waals surface area contributed by atoms with Crippen LogP contribution in [0.5, 0.6) is 5.75 Å². The molecule has 1 heterocycles. The van der Waals surface area contributed by atoms with Crippen LogP contribution in [0, 0.1) is 17.2 Å². The van der Waals surface area contributed by atoms with E-state index in [1.807, 2.05) is 0 Å². The molecule has 0 saturated carbocycles. The topological polar surface area (TPSA) is 115 Å². The number of β-amino-alcohol motifs (C(OH)–C–C–N with tert-alkyl or cyclic N) is 1. The molecule has 0 fully saturated rings. The van der Waals surface area contributed by atoms with Crippen LogP contribution in [0.15, 0.2) is 60.8 Å². The first-order valence-corrected chi connectivity index (χ1v) is 12.1. The number of ether oxygens (including phenoxy) is 1. The molecule has 0 unspecified atom stereocenters. The lowest BCUT2D eigenvalue weighted by Crippen LogP contribution is -2.46. The Morgan fingerprint density at radius 2 is 1.92 bits per heavy atom. The van der Waals surface area contributed by atoms with Crippen molar-refractivity contribution < 1.29 is 19.7 Å². The third kappa shape index (κ3) is 6.09. The average molecular weight is 486 g/mol. The Labute approximate surface area is 211 Å². The number of nitrogens with one attached hydrogen (secondary N) is 1. The first-order valence-electron chi connectivity index (χ1n) is 12.1. The number of nitrogens with zero attached hydrogens (tertiary/aromatic N) is 2. The number of aliphatic hydroxyl groups is 1. The Hall–Kier alpha value is -3.73. The molecule has 1 atom stereocenters. The van der Waals surface area contributed by atoms with E-state index in [1.54, 1.807) is 24.3 Å². The predicted molar refractivity (Wildman–Crippen MR) is 137 cm³/mol. The zero-order chi connectivity index (χ0) is 25.7. The Morgan fingerprint density at radius 1 is 1.19 bits per heavy atom. The van der Waals surface area contributed by atoms with Gasteiger partial charge in [-0.25, -0.2) is 4.79 Å². The van der Waals surface area contributed by atoms with Crippen LogP contribution < -0.4 is 10.1 Å². The molecule has 0 spiro atoms. The monoisotopic (exact) mass is 485 g/mol. The van der Waals surface area contributed by atoms with Crippen LogP contribution in [-0.4, -0.2) is 46.0 Å². The quantitative estimate of drug-likeness (QED) is 0.394. The van der Waals surface area contributed by atoms with Crippen LogP contribution in [0.4, 0.5) is 0 Å². The fourth-order valence-electron chi connectivity index (χ4n) is 4.92. The molecule has 0 aliphatic heterocycles. The molecular weight excluding hydrogens is 454 g/mol. The summed E-state index contributed by atoms with van der Waals surface area (Å²) in [4.78, 5) is 15.8. The summed E-state index contributed by atoms with van der Waals surface area (Å²) in [6.07, 6.45) is 3.89. The van der Waals surface area contributed by atoms with Gasteiger partial charge in [0, 0.05) is 23.8 Å². The van der Waals surface area contributed by atoms with Crippen molar-refractivity contribution in [3.63, 3.8) is 0 Å². The second-order valence-electron chi connectivity index (χ2n) is 10.0. The molecule has 0 radical (unpaired) electrons. The molecule has 4 rings (SSSR count). The van der Waals surface area contributed by atoms with Gasteiger partial charge in [0.2, 0.25) is 0 Å². The highest BCUT2D eigenvalue weighted by atomic mass is 16.5. The number of benzene rings is 2. The number of fused-ring (bicyclic) bond motifs is 1. The van der Waals surface area contributed by atoms with E-state index in [1.165, 1.54) is 23.4 Å². The summed E-state index contributed by atoms with van der Waals surface area (Å²) in [5, 5.41) is 33.0. The molecular formula is C29H31N3O4. The number of carboxylic acids is 1. The number of aliphatic hydroxyl groups excluding tert-OH is 1. The van der Waals surface area contributed by atoms with Crippen molar-refractivity contribution in [3.05, 3.63) is 83.0 Å². The molecule has 2 aromatic carbocycles. The van der Waals surface area contributed by atoms with E-state index in [0.717, 1.165) is 19.3 Å². The smallest absolute Gasteiger partial charge is 0.337 e. The fourth-order valence-corrected chi connectivity index (χ4v) is 4.92. The lowest BCUT2D eigenvalue weighted by atomic mass is 9.88. The molecule has 0 saturated heterocycles. The van der Waals surface area contributed by atoms with Gasteiger partial charge in [-0.05, 0) is 74.4 Å². The standard InChI is InChI=1S/C29H31N3O4/c1-29(2,15-19-12-20-6-3-4-7-21(20)13-19)32-17-24(33)18-36-26-14-22(9-10-23(26)16-30)27-25(28(34)35)8-5-11-31-27/h3-11,14,19,24,32-33H,12-13,15,17-18H2,1-2H3,(H,34,35)/t24-/m1/s1. The highest BCUT2D eigenvalue weighted by Gasteiger charge is 2.28. The van der Waals surface area contributed by atoms with Crippen LogP contribution in [0.1, 0.15) is 47.3 Å². The van der Waals surface area contributed by atoms with E-state index < -0.39 is 12.1 Å². The molecule has 3 N–H and O–H groups in total. The van der Waals surface area contributed by atoms with Crippen molar-refractivity contribution in [3.8, 4) is 23.1 Å². The van der Waals surface area contributed by atoms with Gasteiger partial charge in [0.15, 0.2) is 0 Å². The van der Waals surface area contributed by atoms with E-state index >= 15 is 0 Å². The van der Waals surface area contributed by atoms with Crippen LogP contribution in [0.25, 0.3) is 11.3 Å². The number of pyridine rings is 1. The van der Waals surface area contributed by atoms with Gasteiger partial charge >= 0.3 is 5.97 Å². The molecule has 0 amide bonds. The van der Waals surface area contributed by atoms with Gasteiger partial charge in [-0.2, -0.15) is 5.26 Å². The first kappa shape index (κ1) is 25.4. The van der Waals surface area contributed by atoms with E-state index in [9.17, 15) is 20.3 Å².